The highest BCUT2D eigenvalue weighted by atomic mass is 16.7. The first-order valence-electron chi connectivity index (χ1n) is 9.27. The maximum absolute atomic E-state index is 12.3. The normalized spacial score (nSPS) is 14.2. The molecule has 7 nitrogen and oxygen atoms in total. The molecule has 1 unspecified atom stereocenters. The van der Waals surface area contributed by atoms with Crippen LogP contribution in [0.15, 0.2) is 42.5 Å². The number of aryl methyl sites for hydroxylation is 1. The second-order valence-electron chi connectivity index (χ2n) is 7.13. The number of hydrogen-bond donors (Lipinski definition) is 3. The molecule has 2 amide bonds. The lowest BCUT2D eigenvalue weighted by molar-refractivity contribution is -0.862. The summed E-state index contributed by atoms with van der Waals surface area (Å²) in [4.78, 5) is 25.3. The zero-order valence-corrected chi connectivity index (χ0v) is 16.4. The van der Waals surface area contributed by atoms with Crippen molar-refractivity contribution in [2.75, 3.05) is 32.2 Å². The molecule has 2 atom stereocenters. The van der Waals surface area contributed by atoms with Crippen LogP contribution in [0.5, 0.6) is 11.5 Å². The number of carbonyl (C=O) groups excluding carboxylic acids is 2. The first kappa shape index (κ1) is 19.7. The van der Waals surface area contributed by atoms with Crippen LogP contribution in [-0.2, 0) is 9.59 Å². The molecule has 0 aliphatic carbocycles. The SMILES string of the molecule is Cc1ccc(NC(=O)C[NH+](C)CC(=O)N[C@@H](C)c2ccc3c(c2)OCO3)cc1. The fourth-order valence-electron chi connectivity index (χ4n) is 3.01. The van der Waals surface area contributed by atoms with Gasteiger partial charge in [0.2, 0.25) is 6.79 Å². The Morgan fingerprint density at radius 1 is 1.04 bits per heavy atom. The Labute approximate surface area is 164 Å². The smallest absolute Gasteiger partial charge is 0.279 e. The molecular formula is C21H26N3O4+. The molecular weight excluding hydrogens is 358 g/mol. The molecule has 2 aromatic rings. The molecule has 28 heavy (non-hydrogen) atoms. The molecule has 7 heteroatoms. The van der Waals surface area contributed by atoms with Gasteiger partial charge in [-0.15, -0.1) is 0 Å². The first-order chi connectivity index (χ1) is 13.4. The summed E-state index contributed by atoms with van der Waals surface area (Å²) in [6, 6.07) is 13.1. The van der Waals surface area contributed by atoms with Crippen molar-refractivity contribution in [3.63, 3.8) is 0 Å². The van der Waals surface area contributed by atoms with E-state index in [2.05, 4.69) is 10.6 Å². The van der Waals surface area contributed by atoms with Gasteiger partial charge in [-0.05, 0) is 43.7 Å². The Morgan fingerprint density at radius 3 is 2.46 bits per heavy atom. The van der Waals surface area contributed by atoms with Crippen LogP contribution < -0.4 is 25.0 Å². The summed E-state index contributed by atoms with van der Waals surface area (Å²) in [7, 11) is 1.82. The number of likely N-dealkylation sites (N-methyl/N-ethyl adjacent to an activating group) is 1. The monoisotopic (exact) mass is 384 g/mol. The Morgan fingerprint density at radius 2 is 1.71 bits per heavy atom. The third-order valence-electron chi connectivity index (χ3n) is 4.53. The summed E-state index contributed by atoms with van der Waals surface area (Å²) in [6.45, 7) is 4.54. The predicted molar refractivity (Wildman–Crippen MR) is 106 cm³/mol. The molecule has 0 aromatic heterocycles. The molecule has 0 spiro atoms. The average Bonchev–Trinajstić information content (AvgIpc) is 3.10. The number of quaternary nitrogens is 1. The standard InChI is InChI=1S/C21H25N3O4/c1-14-4-7-17(8-5-14)23-21(26)12-24(3)11-20(25)22-15(2)16-6-9-18-19(10-16)28-13-27-18/h4-10,15H,11-13H2,1-3H3,(H,22,25)(H,23,26)/p+1/t15-/m0/s1. The van der Waals surface area contributed by atoms with Crippen LogP contribution in [0.3, 0.4) is 0 Å². The van der Waals surface area contributed by atoms with Gasteiger partial charge in [0.25, 0.3) is 11.8 Å². The zero-order valence-electron chi connectivity index (χ0n) is 16.4. The van der Waals surface area contributed by atoms with Crippen molar-refractivity contribution >= 4 is 17.5 Å². The van der Waals surface area contributed by atoms with E-state index < -0.39 is 0 Å². The van der Waals surface area contributed by atoms with Crippen LogP contribution >= 0.6 is 0 Å². The van der Waals surface area contributed by atoms with Crippen molar-refractivity contribution in [3.05, 3.63) is 53.6 Å². The Kier molecular flexibility index (Phi) is 6.16. The highest BCUT2D eigenvalue weighted by molar-refractivity contribution is 5.91. The molecule has 1 aliphatic heterocycles. The van der Waals surface area contributed by atoms with E-state index in [0.29, 0.717) is 11.5 Å². The van der Waals surface area contributed by atoms with Crippen molar-refractivity contribution in [3.8, 4) is 11.5 Å². The number of fused-ring (bicyclic) bond motifs is 1. The van der Waals surface area contributed by atoms with Crippen molar-refractivity contribution < 1.29 is 24.0 Å². The number of hydrogen-bond acceptors (Lipinski definition) is 4. The summed E-state index contributed by atoms with van der Waals surface area (Å²) in [5.41, 5.74) is 2.82. The van der Waals surface area contributed by atoms with E-state index in [0.717, 1.165) is 21.7 Å². The van der Waals surface area contributed by atoms with Gasteiger partial charge in [-0.1, -0.05) is 23.8 Å². The summed E-state index contributed by atoms with van der Waals surface area (Å²) in [5.74, 6) is 1.16. The number of carbonyl (C=O) groups is 2. The van der Waals surface area contributed by atoms with Crippen molar-refractivity contribution in [1.82, 2.24) is 5.32 Å². The van der Waals surface area contributed by atoms with E-state index in [-0.39, 0.29) is 37.7 Å². The Bertz CT molecular complexity index is 851. The van der Waals surface area contributed by atoms with Crippen LogP contribution in [0.1, 0.15) is 24.1 Å². The minimum Gasteiger partial charge on any atom is -0.454 e. The van der Waals surface area contributed by atoms with Crippen LogP contribution in [0.2, 0.25) is 0 Å². The number of amides is 2. The Balaban J connectivity index is 1.45. The maximum Gasteiger partial charge on any atom is 0.279 e. The molecule has 1 aliphatic rings. The second kappa shape index (κ2) is 8.75. The lowest BCUT2D eigenvalue weighted by Crippen LogP contribution is -3.11. The number of nitrogens with one attached hydrogen (secondary N) is 3. The Hall–Kier alpha value is -3.06. The highest BCUT2D eigenvalue weighted by Gasteiger charge is 2.19. The van der Waals surface area contributed by atoms with Gasteiger partial charge in [-0.2, -0.15) is 0 Å². The van der Waals surface area contributed by atoms with E-state index in [9.17, 15) is 9.59 Å². The molecule has 0 saturated carbocycles. The fraction of sp³-hybridized carbons (Fsp3) is 0.333. The fourth-order valence-corrected chi connectivity index (χ4v) is 3.01. The largest absolute Gasteiger partial charge is 0.454 e. The van der Waals surface area contributed by atoms with Crippen LogP contribution in [0.4, 0.5) is 5.69 Å². The molecule has 1 heterocycles. The molecule has 3 N–H and O–H groups in total. The maximum atomic E-state index is 12.3. The topological polar surface area (TPSA) is 81.1 Å². The van der Waals surface area contributed by atoms with Crippen molar-refractivity contribution in [1.29, 1.82) is 0 Å². The molecule has 148 valence electrons. The van der Waals surface area contributed by atoms with Crippen molar-refractivity contribution in [2.24, 2.45) is 0 Å². The number of rotatable bonds is 7. The third-order valence-corrected chi connectivity index (χ3v) is 4.53. The van der Waals surface area contributed by atoms with Crippen molar-refractivity contribution in [2.45, 2.75) is 19.9 Å². The molecule has 3 rings (SSSR count). The third kappa shape index (κ3) is 5.23. The zero-order chi connectivity index (χ0) is 20.1. The first-order valence-corrected chi connectivity index (χ1v) is 9.27. The molecule has 2 aromatic carbocycles. The summed E-state index contributed by atoms with van der Waals surface area (Å²) < 4.78 is 10.7. The molecule has 0 saturated heterocycles. The molecule has 0 bridgehead atoms. The van der Waals surface area contributed by atoms with E-state index >= 15 is 0 Å². The van der Waals surface area contributed by atoms with E-state index in [1.807, 2.05) is 63.4 Å². The summed E-state index contributed by atoms with van der Waals surface area (Å²) in [6.07, 6.45) is 0. The van der Waals surface area contributed by atoms with Gasteiger partial charge in [0.15, 0.2) is 24.6 Å². The van der Waals surface area contributed by atoms with Gasteiger partial charge in [0.05, 0.1) is 13.1 Å². The average molecular weight is 384 g/mol. The molecule has 0 fully saturated rings. The van der Waals surface area contributed by atoms with Gasteiger partial charge >= 0.3 is 0 Å². The highest BCUT2D eigenvalue weighted by Crippen LogP contribution is 2.34. The van der Waals surface area contributed by atoms with Gasteiger partial charge in [0.1, 0.15) is 0 Å². The minimum atomic E-state index is -0.170. The summed E-state index contributed by atoms with van der Waals surface area (Å²) in [5, 5.41) is 5.81. The van der Waals surface area contributed by atoms with Gasteiger partial charge in [-0.25, -0.2) is 0 Å². The summed E-state index contributed by atoms with van der Waals surface area (Å²) >= 11 is 0. The van der Waals surface area contributed by atoms with E-state index in [1.165, 1.54) is 0 Å². The van der Waals surface area contributed by atoms with Gasteiger partial charge in [0, 0.05) is 5.69 Å². The minimum absolute atomic E-state index is 0.120. The van der Waals surface area contributed by atoms with Gasteiger partial charge < -0.3 is 25.0 Å². The lowest BCUT2D eigenvalue weighted by atomic mass is 10.1. The number of benzene rings is 2. The number of anilines is 1. The van der Waals surface area contributed by atoms with E-state index in [1.54, 1.807) is 0 Å². The van der Waals surface area contributed by atoms with Crippen LogP contribution in [0.25, 0.3) is 0 Å². The van der Waals surface area contributed by atoms with Crippen LogP contribution in [0, 0.1) is 6.92 Å². The van der Waals surface area contributed by atoms with Crippen LogP contribution in [-0.4, -0.2) is 38.7 Å². The van der Waals surface area contributed by atoms with E-state index in [4.69, 9.17) is 9.47 Å². The molecule has 0 radical (unpaired) electrons. The second-order valence-corrected chi connectivity index (χ2v) is 7.13. The van der Waals surface area contributed by atoms with Gasteiger partial charge in [-0.3, -0.25) is 9.59 Å². The number of ether oxygens (including phenoxy) is 2. The quantitative estimate of drug-likeness (QED) is 0.667. The predicted octanol–water partition coefficient (Wildman–Crippen LogP) is 1.05. The lowest BCUT2D eigenvalue weighted by Gasteiger charge is -2.17.